The van der Waals surface area contributed by atoms with E-state index in [-0.39, 0.29) is 12.5 Å². The second-order valence-corrected chi connectivity index (χ2v) is 5.24. The van der Waals surface area contributed by atoms with Crippen molar-refractivity contribution >= 4 is 5.91 Å². The van der Waals surface area contributed by atoms with Gasteiger partial charge in [-0.05, 0) is 20.3 Å². The Labute approximate surface area is 115 Å². The summed E-state index contributed by atoms with van der Waals surface area (Å²) in [6.07, 6.45) is 0.767. The number of ether oxygens (including phenoxy) is 1. The Hall–Kier alpha value is -0.690. The molecule has 0 saturated carbocycles. The number of rotatable bonds is 8. The molecule has 0 radical (unpaired) electrons. The summed E-state index contributed by atoms with van der Waals surface area (Å²) in [6, 6.07) is 0. The Kier molecular flexibility index (Phi) is 7.30. The smallest absolute Gasteiger partial charge is 0.239 e. The van der Waals surface area contributed by atoms with Crippen molar-refractivity contribution in [2.24, 2.45) is 0 Å². The highest BCUT2D eigenvalue weighted by Gasteiger charge is 2.34. The summed E-state index contributed by atoms with van der Waals surface area (Å²) >= 11 is 0. The first kappa shape index (κ1) is 16.4. The predicted molar refractivity (Wildman–Crippen MR) is 74.1 cm³/mol. The molecule has 112 valence electrons. The first-order valence-corrected chi connectivity index (χ1v) is 7.01. The Morgan fingerprint density at radius 1 is 1.37 bits per heavy atom. The van der Waals surface area contributed by atoms with Crippen LogP contribution in [0.15, 0.2) is 0 Å². The molecule has 6 heteroatoms. The highest BCUT2D eigenvalue weighted by Crippen LogP contribution is 2.15. The molecule has 19 heavy (non-hydrogen) atoms. The van der Waals surface area contributed by atoms with Gasteiger partial charge in [-0.1, -0.05) is 0 Å². The normalized spacial score (nSPS) is 17.4. The van der Waals surface area contributed by atoms with E-state index in [4.69, 9.17) is 9.84 Å². The molecular weight excluding hydrogens is 246 g/mol. The van der Waals surface area contributed by atoms with Crippen LogP contribution in [0.1, 0.15) is 20.3 Å². The molecule has 1 aliphatic rings. The molecule has 0 unspecified atom stereocenters. The molecule has 0 aliphatic carbocycles. The Morgan fingerprint density at radius 2 is 2.05 bits per heavy atom. The van der Waals surface area contributed by atoms with E-state index in [1.807, 2.05) is 13.8 Å². The summed E-state index contributed by atoms with van der Waals surface area (Å²) in [5, 5.41) is 14.8. The van der Waals surface area contributed by atoms with Gasteiger partial charge in [0.25, 0.3) is 0 Å². The number of carbonyl (C=O) groups excluding carboxylic acids is 1. The van der Waals surface area contributed by atoms with Crippen molar-refractivity contribution in [2.75, 3.05) is 52.5 Å². The third kappa shape index (κ3) is 5.44. The minimum absolute atomic E-state index is 0.0440. The molecule has 0 spiro atoms. The summed E-state index contributed by atoms with van der Waals surface area (Å²) in [4.78, 5) is 14.4. The second-order valence-electron chi connectivity index (χ2n) is 5.24. The van der Waals surface area contributed by atoms with Gasteiger partial charge in [0.2, 0.25) is 5.91 Å². The lowest BCUT2D eigenvalue weighted by atomic mass is 10.0. The zero-order chi connectivity index (χ0) is 14.1. The van der Waals surface area contributed by atoms with Crippen molar-refractivity contribution in [2.45, 2.75) is 25.8 Å². The number of amides is 1. The second kappa shape index (κ2) is 8.47. The van der Waals surface area contributed by atoms with Crippen LogP contribution in [0.5, 0.6) is 0 Å². The van der Waals surface area contributed by atoms with Crippen molar-refractivity contribution in [3.05, 3.63) is 0 Å². The van der Waals surface area contributed by atoms with Gasteiger partial charge in [-0.15, -0.1) is 0 Å². The van der Waals surface area contributed by atoms with E-state index in [0.29, 0.717) is 19.8 Å². The highest BCUT2D eigenvalue weighted by atomic mass is 16.5. The third-order valence-electron chi connectivity index (χ3n) is 3.45. The third-order valence-corrected chi connectivity index (χ3v) is 3.45. The van der Waals surface area contributed by atoms with Crippen molar-refractivity contribution in [1.29, 1.82) is 0 Å². The largest absolute Gasteiger partial charge is 0.394 e. The Morgan fingerprint density at radius 3 is 2.68 bits per heavy atom. The van der Waals surface area contributed by atoms with Gasteiger partial charge >= 0.3 is 0 Å². The van der Waals surface area contributed by atoms with Crippen LogP contribution >= 0.6 is 0 Å². The van der Waals surface area contributed by atoms with Gasteiger partial charge in [-0.25, -0.2) is 0 Å². The first-order valence-electron chi connectivity index (χ1n) is 7.01. The molecule has 0 atom stereocenters. The topological polar surface area (TPSA) is 73.8 Å². The number of nitrogens with zero attached hydrogens (tertiary/aromatic N) is 1. The van der Waals surface area contributed by atoms with Gasteiger partial charge in [-0.2, -0.15) is 0 Å². The van der Waals surface area contributed by atoms with E-state index in [2.05, 4.69) is 15.5 Å². The minimum Gasteiger partial charge on any atom is -0.394 e. The minimum atomic E-state index is -0.464. The number of hydrogen-bond acceptors (Lipinski definition) is 5. The van der Waals surface area contributed by atoms with Crippen molar-refractivity contribution in [1.82, 2.24) is 15.5 Å². The van der Waals surface area contributed by atoms with Gasteiger partial charge < -0.3 is 20.5 Å². The van der Waals surface area contributed by atoms with E-state index in [9.17, 15) is 4.79 Å². The highest BCUT2D eigenvalue weighted by molar-refractivity contribution is 5.85. The number of aliphatic hydroxyl groups is 1. The summed E-state index contributed by atoms with van der Waals surface area (Å²) in [5.74, 6) is 0.0663. The number of piperazine rings is 1. The Balaban J connectivity index is 2.22. The molecule has 6 nitrogen and oxygen atoms in total. The predicted octanol–water partition coefficient (Wildman–Crippen LogP) is -0.815. The van der Waals surface area contributed by atoms with E-state index >= 15 is 0 Å². The molecule has 0 bridgehead atoms. The average Bonchev–Trinajstić information content (AvgIpc) is 2.43. The van der Waals surface area contributed by atoms with Gasteiger partial charge in [0.05, 0.1) is 18.8 Å². The number of carbonyl (C=O) groups is 1. The summed E-state index contributed by atoms with van der Waals surface area (Å²) in [6.45, 7) is 9.20. The maximum Gasteiger partial charge on any atom is 0.239 e. The van der Waals surface area contributed by atoms with Crippen LogP contribution in [0.4, 0.5) is 0 Å². The standard InChI is InChI=1S/C13H27N3O3/c1-13(2,16-7-5-14-6-8-16)12(18)15-4-3-10-19-11-9-17/h14,17H,3-11H2,1-2H3,(H,15,18). The molecule has 1 saturated heterocycles. The fourth-order valence-corrected chi connectivity index (χ4v) is 2.13. The molecule has 1 amide bonds. The van der Waals surface area contributed by atoms with Crippen LogP contribution in [-0.2, 0) is 9.53 Å². The number of nitrogens with one attached hydrogen (secondary N) is 2. The van der Waals surface area contributed by atoms with Crippen LogP contribution < -0.4 is 10.6 Å². The molecule has 0 aromatic heterocycles. The summed E-state index contributed by atoms with van der Waals surface area (Å²) in [7, 11) is 0. The lowest BCUT2D eigenvalue weighted by Gasteiger charge is -2.39. The maximum atomic E-state index is 12.2. The van der Waals surface area contributed by atoms with Crippen molar-refractivity contribution in [3.63, 3.8) is 0 Å². The molecule has 1 fully saturated rings. The van der Waals surface area contributed by atoms with E-state index < -0.39 is 5.54 Å². The Bertz CT molecular complexity index is 266. The van der Waals surface area contributed by atoms with E-state index in [1.54, 1.807) is 0 Å². The molecule has 3 N–H and O–H groups in total. The monoisotopic (exact) mass is 273 g/mol. The summed E-state index contributed by atoms with van der Waals surface area (Å²) in [5.41, 5.74) is -0.464. The molecule has 1 rings (SSSR count). The SMILES string of the molecule is CC(C)(C(=O)NCCCOCCO)N1CCNCC1. The maximum absolute atomic E-state index is 12.2. The molecule has 0 aromatic carbocycles. The average molecular weight is 273 g/mol. The fourth-order valence-electron chi connectivity index (χ4n) is 2.13. The van der Waals surface area contributed by atoms with Crippen molar-refractivity contribution < 1.29 is 14.6 Å². The molecule has 1 aliphatic heterocycles. The van der Waals surface area contributed by atoms with E-state index in [1.165, 1.54) is 0 Å². The van der Waals surface area contributed by atoms with E-state index in [0.717, 1.165) is 32.6 Å². The lowest BCUT2D eigenvalue weighted by molar-refractivity contribution is -0.132. The van der Waals surface area contributed by atoms with Gasteiger partial charge in [0.15, 0.2) is 0 Å². The number of hydrogen-bond donors (Lipinski definition) is 3. The van der Waals surface area contributed by atoms with Crippen LogP contribution in [0.2, 0.25) is 0 Å². The van der Waals surface area contributed by atoms with Gasteiger partial charge in [0, 0.05) is 39.3 Å². The van der Waals surface area contributed by atoms with Crippen LogP contribution in [-0.4, -0.2) is 74.0 Å². The molecule has 1 heterocycles. The van der Waals surface area contributed by atoms with Gasteiger partial charge in [0.1, 0.15) is 0 Å². The summed E-state index contributed by atoms with van der Waals surface area (Å²) < 4.78 is 5.15. The quantitative estimate of drug-likeness (QED) is 0.504. The molecule has 0 aromatic rings. The lowest BCUT2D eigenvalue weighted by Crippen LogP contribution is -2.60. The van der Waals surface area contributed by atoms with Gasteiger partial charge in [-0.3, -0.25) is 9.69 Å². The number of aliphatic hydroxyl groups excluding tert-OH is 1. The van der Waals surface area contributed by atoms with Crippen molar-refractivity contribution in [3.8, 4) is 0 Å². The zero-order valence-corrected chi connectivity index (χ0v) is 12.1. The van der Waals surface area contributed by atoms with Crippen LogP contribution in [0.25, 0.3) is 0 Å². The van der Waals surface area contributed by atoms with Crippen LogP contribution in [0, 0.1) is 0 Å². The van der Waals surface area contributed by atoms with Crippen LogP contribution in [0.3, 0.4) is 0 Å². The first-order chi connectivity index (χ1) is 9.09. The fraction of sp³-hybridized carbons (Fsp3) is 0.923. The zero-order valence-electron chi connectivity index (χ0n) is 12.1. The molecular formula is C13H27N3O3.